The second-order valence-electron chi connectivity index (χ2n) is 4.20. The molecule has 2 aromatic rings. The van der Waals surface area contributed by atoms with Gasteiger partial charge in [0.1, 0.15) is 5.82 Å². The molecular weight excluding hydrogens is 337 g/mol. The molecule has 5 heteroatoms. The zero-order chi connectivity index (χ0) is 15.4. The van der Waals surface area contributed by atoms with Gasteiger partial charge in [0, 0.05) is 5.56 Å². The minimum Gasteiger partial charge on any atom is -0.503 e. The Bertz CT molecular complexity index is 750. The zero-order valence-corrected chi connectivity index (χ0v) is 12.7. The van der Waals surface area contributed by atoms with Gasteiger partial charge in [-0.25, -0.2) is 4.39 Å². The van der Waals surface area contributed by atoms with Crippen molar-refractivity contribution < 1.29 is 14.2 Å². The first-order valence-corrected chi connectivity index (χ1v) is 6.79. The molecule has 2 rings (SSSR count). The number of rotatable bonds is 3. The van der Waals surface area contributed by atoms with E-state index in [0.717, 1.165) is 0 Å². The van der Waals surface area contributed by atoms with E-state index in [9.17, 15) is 14.8 Å². The van der Waals surface area contributed by atoms with Gasteiger partial charge < -0.3 is 9.84 Å². The Morgan fingerprint density at radius 1 is 1.38 bits per heavy atom. The minimum atomic E-state index is -0.463. The fourth-order valence-corrected chi connectivity index (χ4v) is 2.31. The summed E-state index contributed by atoms with van der Waals surface area (Å²) in [4.78, 5) is 0. The fourth-order valence-electron chi connectivity index (χ4n) is 1.85. The van der Waals surface area contributed by atoms with E-state index < -0.39 is 5.82 Å². The van der Waals surface area contributed by atoms with Crippen LogP contribution in [0.25, 0.3) is 11.6 Å². The second-order valence-corrected chi connectivity index (χ2v) is 5.06. The number of nitriles is 1. The number of hydrogen-bond acceptors (Lipinski definition) is 3. The van der Waals surface area contributed by atoms with E-state index in [1.807, 2.05) is 6.07 Å². The third-order valence-electron chi connectivity index (χ3n) is 2.87. The summed E-state index contributed by atoms with van der Waals surface area (Å²) < 4.78 is 19.2. The van der Waals surface area contributed by atoms with E-state index in [4.69, 9.17) is 4.74 Å². The Hall–Kier alpha value is -2.32. The first kappa shape index (κ1) is 15.1. The van der Waals surface area contributed by atoms with Crippen LogP contribution in [0.15, 0.2) is 40.9 Å². The van der Waals surface area contributed by atoms with Crippen molar-refractivity contribution in [3.05, 3.63) is 57.8 Å². The second kappa shape index (κ2) is 6.42. The number of aromatic hydroxyl groups is 1. The van der Waals surface area contributed by atoms with Crippen molar-refractivity contribution in [3.8, 4) is 17.6 Å². The molecule has 0 saturated heterocycles. The molecule has 0 atom stereocenters. The topological polar surface area (TPSA) is 53.2 Å². The van der Waals surface area contributed by atoms with Crippen LogP contribution in [0, 0.1) is 17.1 Å². The standard InChI is InChI=1S/C16H11BrFNO2/c1-21-15-8-10(7-13(17)16(15)20)6-11(9-19)12-4-2-3-5-14(12)18/h2-8,20H,1H3. The van der Waals surface area contributed by atoms with Crippen LogP contribution in [0.4, 0.5) is 4.39 Å². The first-order chi connectivity index (χ1) is 10.1. The highest BCUT2D eigenvalue weighted by Crippen LogP contribution is 2.36. The van der Waals surface area contributed by atoms with Crippen LogP contribution in [0.3, 0.4) is 0 Å². The van der Waals surface area contributed by atoms with E-state index in [0.29, 0.717) is 10.0 Å². The summed E-state index contributed by atoms with van der Waals surface area (Å²) in [6.07, 6.45) is 1.53. The fraction of sp³-hybridized carbons (Fsp3) is 0.0625. The monoisotopic (exact) mass is 347 g/mol. The van der Waals surface area contributed by atoms with Crippen molar-refractivity contribution in [1.82, 2.24) is 0 Å². The van der Waals surface area contributed by atoms with Gasteiger partial charge in [-0.05, 0) is 45.8 Å². The van der Waals surface area contributed by atoms with Crippen molar-refractivity contribution in [2.45, 2.75) is 0 Å². The maximum atomic E-state index is 13.8. The molecule has 0 amide bonds. The lowest BCUT2D eigenvalue weighted by atomic mass is 10.0. The lowest BCUT2D eigenvalue weighted by Gasteiger charge is -2.07. The van der Waals surface area contributed by atoms with Gasteiger partial charge in [0.15, 0.2) is 11.5 Å². The Morgan fingerprint density at radius 2 is 2.10 bits per heavy atom. The van der Waals surface area contributed by atoms with Crippen LogP contribution in [0.5, 0.6) is 11.5 Å². The number of ether oxygens (including phenoxy) is 1. The molecule has 106 valence electrons. The smallest absolute Gasteiger partial charge is 0.172 e. The zero-order valence-electron chi connectivity index (χ0n) is 11.1. The van der Waals surface area contributed by atoms with Gasteiger partial charge in [-0.2, -0.15) is 5.26 Å². The summed E-state index contributed by atoms with van der Waals surface area (Å²) in [5.74, 6) is -0.226. The number of halogens is 2. The molecule has 0 aromatic heterocycles. The van der Waals surface area contributed by atoms with Crippen LogP contribution >= 0.6 is 15.9 Å². The molecule has 3 nitrogen and oxygen atoms in total. The molecule has 0 spiro atoms. The Labute approximate surface area is 130 Å². The van der Waals surface area contributed by atoms with E-state index in [1.54, 1.807) is 24.3 Å². The average molecular weight is 348 g/mol. The van der Waals surface area contributed by atoms with Crippen LogP contribution in [0.2, 0.25) is 0 Å². The minimum absolute atomic E-state index is 0.0287. The molecule has 2 aromatic carbocycles. The molecule has 21 heavy (non-hydrogen) atoms. The highest BCUT2D eigenvalue weighted by Gasteiger charge is 2.10. The van der Waals surface area contributed by atoms with Crippen LogP contribution in [-0.2, 0) is 0 Å². The molecular formula is C16H11BrFNO2. The largest absolute Gasteiger partial charge is 0.503 e. The van der Waals surface area contributed by atoms with Gasteiger partial charge in [0.05, 0.1) is 23.2 Å². The van der Waals surface area contributed by atoms with Crippen molar-refractivity contribution in [1.29, 1.82) is 5.26 Å². The van der Waals surface area contributed by atoms with Crippen LogP contribution in [-0.4, -0.2) is 12.2 Å². The van der Waals surface area contributed by atoms with Gasteiger partial charge in [-0.3, -0.25) is 0 Å². The average Bonchev–Trinajstić information content (AvgIpc) is 2.49. The molecule has 0 heterocycles. The first-order valence-electron chi connectivity index (χ1n) is 6.00. The van der Waals surface area contributed by atoms with Crippen molar-refractivity contribution in [2.24, 2.45) is 0 Å². The molecule has 0 aliphatic carbocycles. The maximum absolute atomic E-state index is 13.8. The predicted molar refractivity (Wildman–Crippen MR) is 82.2 cm³/mol. The third kappa shape index (κ3) is 3.23. The quantitative estimate of drug-likeness (QED) is 0.662. The van der Waals surface area contributed by atoms with Crippen molar-refractivity contribution in [3.63, 3.8) is 0 Å². The molecule has 1 N–H and O–H groups in total. The summed E-state index contributed by atoms with van der Waals surface area (Å²) in [6, 6.07) is 11.2. The summed E-state index contributed by atoms with van der Waals surface area (Å²) in [5, 5.41) is 19.0. The number of methoxy groups -OCH3 is 1. The highest BCUT2D eigenvalue weighted by atomic mass is 79.9. The van der Waals surface area contributed by atoms with Gasteiger partial charge in [0.25, 0.3) is 0 Å². The number of hydrogen-bond donors (Lipinski definition) is 1. The third-order valence-corrected chi connectivity index (χ3v) is 3.47. The molecule has 0 fully saturated rings. The maximum Gasteiger partial charge on any atom is 0.172 e. The van der Waals surface area contributed by atoms with E-state index >= 15 is 0 Å². The van der Waals surface area contributed by atoms with E-state index in [1.165, 1.54) is 25.3 Å². The van der Waals surface area contributed by atoms with Crippen molar-refractivity contribution in [2.75, 3.05) is 7.11 Å². The SMILES string of the molecule is COc1cc(C=C(C#N)c2ccccc2F)cc(Br)c1O. The number of benzene rings is 2. The molecule has 0 unspecified atom stereocenters. The van der Waals surface area contributed by atoms with E-state index in [2.05, 4.69) is 15.9 Å². The lowest BCUT2D eigenvalue weighted by Crippen LogP contribution is -1.89. The molecule has 0 bridgehead atoms. The van der Waals surface area contributed by atoms with Gasteiger partial charge in [-0.1, -0.05) is 18.2 Å². The van der Waals surface area contributed by atoms with Crippen LogP contribution in [0.1, 0.15) is 11.1 Å². The molecule has 0 saturated carbocycles. The van der Waals surface area contributed by atoms with Gasteiger partial charge in [0.2, 0.25) is 0 Å². The van der Waals surface area contributed by atoms with E-state index in [-0.39, 0.29) is 22.6 Å². The molecule has 0 aliphatic heterocycles. The summed E-state index contributed by atoms with van der Waals surface area (Å²) >= 11 is 3.20. The number of phenols is 1. The molecule has 0 radical (unpaired) electrons. The normalized spacial score (nSPS) is 11.0. The van der Waals surface area contributed by atoms with Crippen molar-refractivity contribution >= 4 is 27.6 Å². The number of allylic oxidation sites excluding steroid dienone is 1. The summed E-state index contributed by atoms with van der Waals surface area (Å²) in [7, 11) is 1.43. The van der Waals surface area contributed by atoms with Gasteiger partial charge in [-0.15, -0.1) is 0 Å². The lowest BCUT2D eigenvalue weighted by molar-refractivity contribution is 0.372. The summed E-state index contributed by atoms with van der Waals surface area (Å²) in [6.45, 7) is 0. The number of phenolic OH excluding ortho intramolecular Hbond substituents is 1. The Kier molecular flexibility index (Phi) is 4.61. The summed E-state index contributed by atoms with van der Waals surface area (Å²) in [5.41, 5.74) is 1.02. The van der Waals surface area contributed by atoms with Crippen LogP contribution < -0.4 is 4.74 Å². The van der Waals surface area contributed by atoms with Gasteiger partial charge >= 0.3 is 0 Å². The predicted octanol–water partition coefficient (Wildman–Crippen LogP) is 4.37. The highest BCUT2D eigenvalue weighted by molar-refractivity contribution is 9.10. The molecule has 0 aliphatic rings. The Morgan fingerprint density at radius 3 is 2.71 bits per heavy atom. The Balaban J connectivity index is 2.54. The number of nitrogens with zero attached hydrogens (tertiary/aromatic N) is 1.